The smallest absolute Gasteiger partial charge is 0.146 e. The average Bonchev–Trinajstić information content (AvgIpc) is 2.61. The zero-order valence-electron chi connectivity index (χ0n) is 9.47. The number of hydrogen-bond acceptors (Lipinski definition) is 4. The molecule has 2 saturated heterocycles. The van der Waals surface area contributed by atoms with E-state index in [1.165, 1.54) is 0 Å². The number of nitrogens with zero attached hydrogens (tertiary/aromatic N) is 3. The zero-order valence-corrected chi connectivity index (χ0v) is 9.47. The van der Waals surface area contributed by atoms with Crippen molar-refractivity contribution in [1.29, 1.82) is 5.26 Å². The average molecular weight is 227 g/mol. The molecule has 3 rings (SSSR count). The van der Waals surface area contributed by atoms with E-state index in [1.54, 1.807) is 18.3 Å². The lowest BCUT2D eigenvalue weighted by Gasteiger charge is -2.35. The summed E-state index contributed by atoms with van der Waals surface area (Å²) in [5.41, 5.74) is 0.610. The van der Waals surface area contributed by atoms with E-state index in [9.17, 15) is 4.79 Å². The van der Waals surface area contributed by atoms with E-state index in [0.29, 0.717) is 24.2 Å². The lowest BCUT2D eigenvalue weighted by atomic mass is 10.0. The van der Waals surface area contributed by atoms with E-state index in [1.807, 2.05) is 0 Å². The molecule has 0 N–H and O–H groups in total. The Labute approximate surface area is 99.9 Å². The van der Waals surface area contributed by atoms with Gasteiger partial charge in [0, 0.05) is 31.1 Å². The number of piperidine rings is 1. The fourth-order valence-electron chi connectivity index (χ4n) is 3.01. The molecule has 1 aromatic rings. The Kier molecular flexibility index (Phi) is 2.32. The van der Waals surface area contributed by atoms with Gasteiger partial charge >= 0.3 is 0 Å². The van der Waals surface area contributed by atoms with Gasteiger partial charge in [0.05, 0.1) is 5.56 Å². The lowest BCUT2D eigenvalue weighted by molar-refractivity contribution is -0.120. The largest absolute Gasteiger partial charge is 0.349 e. The Morgan fingerprint density at radius 2 is 2.06 bits per heavy atom. The summed E-state index contributed by atoms with van der Waals surface area (Å²) >= 11 is 0. The van der Waals surface area contributed by atoms with Gasteiger partial charge in [-0.1, -0.05) is 0 Å². The molecule has 3 heterocycles. The Bertz CT molecular complexity index is 490. The van der Waals surface area contributed by atoms with Crippen molar-refractivity contribution < 1.29 is 4.79 Å². The number of carbonyl (C=O) groups excluding carboxylic acids is 1. The number of carbonyl (C=O) groups is 1. The summed E-state index contributed by atoms with van der Waals surface area (Å²) in [5, 5.41) is 9.11. The normalized spacial score (nSPS) is 27.0. The minimum absolute atomic E-state index is 0.253. The fourth-order valence-corrected chi connectivity index (χ4v) is 3.01. The van der Waals surface area contributed by atoms with Crippen molar-refractivity contribution in [2.75, 3.05) is 4.90 Å². The zero-order chi connectivity index (χ0) is 11.8. The van der Waals surface area contributed by atoms with Crippen LogP contribution in [-0.4, -0.2) is 22.9 Å². The number of hydrogen-bond donors (Lipinski definition) is 0. The Balaban J connectivity index is 2.00. The van der Waals surface area contributed by atoms with E-state index in [2.05, 4.69) is 16.0 Å². The first-order valence-corrected chi connectivity index (χ1v) is 5.94. The molecule has 0 amide bonds. The first-order valence-electron chi connectivity index (χ1n) is 5.94. The lowest BCUT2D eigenvalue weighted by Crippen LogP contribution is -2.44. The van der Waals surface area contributed by atoms with Crippen LogP contribution in [0.25, 0.3) is 0 Å². The highest BCUT2D eigenvalue weighted by atomic mass is 16.1. The number of aromatic nitrogens is 1. The van der Waals surface area contributed by atoms with Crippen LogP contribution in [0.1, 0.15) is 31.2 Å². The Morgan fingerprint density at radius 1 is 1.35 bits per heavy atom. The third-order valence-electron chi connectivity index (χ3n) is 3.70. The first kappa shape index (κ1) is 10.3. The Morgan fingerprint density at radius 3 is 2.71 bits per heavy atom. The second-order valence-corrected chi connectivity index (χ2v) is 4.73. The quantitative estimate of drug-likeness (QED) is 0.732. The molecule has 2 aliphatic rings. The standard InChI is InChI=1S/C13H13N3O/c14-8-9-2-1-5-15-13(9)16-10-3-4-11(16)7-12(17)6-10/h1-2,5,10-11H,3-4,6-7H2. The highest BCUT2D eigenvalue weighted by molar-refractivity contribution is 5.83. The molecular weight excluding hydrogens is 214 g/mol. The molecule has 2 fully saturated rings. The fraction of sp³-hybridized carbons (Fsp3) is 0.462. The summed E-state index contributed by atoms with van der Waals surface area (Å²) in [5.74, 6) is 1.11. The van der Waals surface area contributed by atoms with Crippen molar-refractivity contribution in [3.05, 3.63) is 23.9 Å². The van der Waals surface area contributed by atoms with Gasteiger partial charge in [-0.15, -0.1) is 0 Å². The summed E-state index contributed by atoms with van der Waals surface area (Å²) in [7, 11) is 0. The molecule has 0 radical (unpaired) electrons. The van der Waals surface area contributed by atoms with Crippen molar-refractivity contribution in [2.24, 2.45) is 0 Å². The van der Waals surface area contributed by atoms with Gasteiger partial charge in [-0.05, 0) is 25.0 Å². The van der Waals surface area contributed by atoms with Crippen LogP contribution < -0.4 is 4.90 Å². The maximum absolute atomic E-state index is 11.5. The second-order valence-electron chi connectivity index (χ2n) is 4.73. The van der Waals surface area contributed by atoms with Crippen LogP contribution in [0.15, 0.2) is 18.3 Å². The SMILES string of the molecule is N#Cc1cccnc1N1C2CCC1CC(=O)C2. The number of rotatable bonds is 1. The maximum Gasteiger partial charge on any atom is 0.146 e. The topological polar surface area (TPSA) is 57.0 Å². The van der Waals surface area contributed by atoms with Crippen molar-refractivity contribution in [3.8, 4) is 6.07 Å². The molecule has 1 aromatic heterocycles. The first-order chi connectivity index (χ1) is 8.29. The molecule has 0 spiro atoms. The summed E-state index contributed by atoms with van der Waals surface area (Å²) in [6.07, 6.45) is 5.01. The highest BCUT2D eigenvalue weighted by Crippen LogP contribution is 2.38. The number of nitriles is 1. The van der Waals surface area contributed by atoms with Gasteiger partial charge in [0.1, 0.15) is 17.7 Å². The van der Waals surface area contributed by atoms with Crippen molar-refractivity contribution in [2.45, 2.75) is 37.8 Å². The van der Waals surface area contributed by atoms with Gasteiger partial charge in [0.15, 0.2) is 0 Å². The van der Waals surface area contributed by atoms with Crippen LogP contribution in [0.4, 0.5) is 5.82 Å². The molecule has 2 atom stereocenters. The van der Waals surface area contributed by atoms with E-state index in [0.717, 1.165) is 18.7 Å². The van der Waals surface area contributed by atoms with Gasteiger partial charge in [0.25, 0.3) is 0 Å². The molecule has 2 unspecified atom stereocenters. The molecule has 0 aliphatic carbocycles. The van der Waals surface area contributed by atoms with Crippen LogP contribution >= 0.6 is 0 Å². The minimum Gasteiger partial charge on any atom is -0.349 e. The molecule has 0 aromatic carbocycles. The van der Waals surface area contributed by atoms with Crippen LogP contribution in [0, 0.1) is 11.3 Å². The van der Waals surface area contributed by atoms with Crippen LogP contribution in [0.5, 0.6) is 0 Å². The van der Waals surface area contributed by atoms with Gasteiger partial charge < -0.3 is 4.90 Å². The highest BCUT2D eigenvalue weighted by Gasteiger charge is 2.41. The number of Topliss-reactive ketones (excluding diaryl/α,β-unsaturated/α-hetero) is 1. The third kappa shape index (κ3) is 1.59. The maximum atomic E-state index is 11.5. The molecular formula is C13H13N3O. The number of fused-ring (bicyclic) bond motifs is 2. The molecule has 4 nitrogen and oxygen atoms in total. The van der Waals surface area contributed by atoms with E-state index in [-0.39, 0.29) is 12.1 Å². The molecule has 4 heteroatoms. The Hall–Kier alpha value is -1.89. The third-order valence-corrected chi connectivity index (χ3v) is 3.70. The summed E-state index contributed by atoms with van der Waals surface area (Å²) in [4.78, 5) is 18.1. The molecule has 0 saturated carbocycles. The van der Waals surface area contributed by atoms with E-state index in [4.69, 9.17) is 5.26 Å². The molecule has 2 aliphatic heterocycles. The van der Waals surface area contributed by atoms with Gasteiger partial charge in [-0.25, -0.2) is 4.98 Å². The number of ketones is 1. The van der Waals surface area contributed by atoms with E-state index < -0.39 is 0 Å². The van der Waals surface area contributed by atoms with Crippen molar-refractivity contribution in [1.82, 2.24) is 4.98 Å². The molecule has 17 heavy (non-hydrogen) atoms. The minimum atomic E-state index is 0.253. The van der Waals surface area contributed by atoms with E-state index >= 15 is 0 Å². The monoisotopic (exact) mass is 227 g/mol. The van der Waals surface area contributed by atoms with Crippen molar-refractivity contribution in [3.63, 3.8) is 0 Å². The van der Waals surface area contributed by atoms with Gasteiger partial charge in [0.2, 0.25) is 0 Å². The molecule has 2 bridgehead atoms. The summed E-state index contributed by atoms with van der Waals surface area (Å²) < 4.78 is 0. The molecule has 86 valence electrons. The second kappa shape index (κ2) is 3.85. The summed E-state index contributed by atoms with van der Waals surface area (Å²) in [6.45, 7) is 0. The number of pyridine rings is 1. The number of anilines is 1. The van der Waals surface area contributed by atoms with Crippen LogP contribution in [0.3, 0.4) is 0 Å². The van der Waals surface area contributed by atoms with Crippen LogP contribution in [0.2, 0.25) is 0 Å². The van der Waals surface area contributed by atoms with Gasteiger partial charge in [-0.2, -0.15) is 5.26 Å². The predicted octanol–water partition coefficient (Wildman–Crippen LogP) is 1.65. The van der Waals surface area contributed by atoms with Crippen LogP contribution in [-0.2, 0) is 4.79 Å². The van der Waals surface area contributed by atoms with Crippen molar-refractivity contribution >= 4 is 11.6 Å². The van der Waals surface area contributed by atoms with Gasteiger partial charge in [-0.3, -0.25) is 4.79 Å². The predicted molar refractivity (Wildman–Crippen MR) is 62.5 cm³/mol. The summed E-state index contributed by atoms with van der Waals surface area (Å²) in [6, 6.07) is 6.26.